The molecule has 0 saturated carbocycles. The van der Waals surface area contributed by atoms with E-state index >= 15 is 0 Å². The molecule has 1 aliphatic rings. The van der Waals surface area contributed by atoms with Crippen molar-refractivity contribution < 1.29 is 13.9 Å². The lowest BCUT2D eigenvalue weighted by atomic mass is 10.1. The van der Waals surface area contributed by atoms with E-state index in [0.717, 1.165) is 12.0 Å². The molecule has 1 fully saturated rings. The monoisotopic (exact) mass is 402 g/mol. The Kier molecular flexibility index (Phi) is 6.25. The summed E-state index contributed by atoms with van der Waals surface area (Å²) in [7, 11) is 0. The van der Waals surface area contributed by atoms with Crippen molar-refractivity contribution in [2.24, 2.45) is 5.92 Å². The molecule has 1 heterocycles. The van der Waals surface area contributed by atoms with Crippen LogP contribution in [0.25, 0.3) is 0 Å². The van der Waals surface area contributed by atoms with Gasteiger partial charge in [0, 0.05) is 19.6 Å². The predicted octanol–water partition coefficient (Wildman–Crippen LogP) is 4.70. The summed E-state index contributed by atoms with van der Waals surface area (Å²) in [6.07, 6.45) is 0.869. The minimum absolute atomic E-state index is 0.0479. The summed E-state index contributed by atoms with van der Waals surface area (Å²) in [5, 5.41) is 3.57. The lowest BCUT2D eigenvalue weighted by Crippen LogP contribution is -2.31. The van der Waals surface area contributed by atoms with E-state index in [2.05, 4.69) is 11.9 Å². The first-order valence-corrected chi connectivity index (χ1v) is 9.64. The molecule has 28 heavy (non-hydrogen) atoms. The van der Waals surface area contributed by atoms with Gasteiger partial charge in [-0.25, -0.2) is 4.39 Å². The first-order valence-electron chi connectivity index (χ1n) is 9.26. The number of likely N-dealkylation sites (tertiary alicyclic amines) is 1. The van der Waals surface area contributed by atoms with E-state index < -0.39 is 5.82 Å². The molecule has 1 aliphatic heterocycles. The number of nitrogens with one attached hydrogen (secondary N) is 1. The van der Waals surface area contributed by atoms with E-state index in [4.69, 9.17) is 16.3 Å². The van der Waals surface area contributed by atoms with Crippen LogP contribution in [0.15, 0.2) is 48.9 Å². The third-order valence-electron chi connectivity index (χ3n) is 4.90. The molecule has 1 saturated heterocycles. The molecule has 0 unspecified atom stereocenters. The third-order valence-corrected chi connectivity index (χ3v) is 5.23. The Labute approximate surface area is 169 Å². The van der Waals surface area contributed by atoms with Gasteiger partial charge in [-0.15, -0.1) is 0 Å². The summed E-state index contributed by atoms with van der Waals surface area (Å²) in [6, 6.07) is 10.2. The van der Waals surface area contributed by atoms with Crippen molar-refractivity contribution in [3.8, 4) is 5.75 Å². The summed E-state index contributed by atoms with van der Waals surface area (Å²) in [6.45, 7) is 9.43. The number of para-hydroxylation sites is 1. The summed E-state index contributed by atoms with van der Waals surface area (Å²) < 4.78 is 19.4. The van der Waals surface area contributed by atoms with Gasteiger partial charge in [0.1, 0.15) is 0 Å². The Morgan fingerprint density at radius 2 is 2.14 bits per heavy atom. The number of rotatable bonds is 6. The van der Waals surface area contributed by atoms with E-state index in [-0.39, 0.29) is 17.6 Å². The van der Waals surface area contributed by atoms with E-state index in [1.54, 1.807) is 25.1 Å². The van der Waals surface area contributed by atoms with Crippen molar-refractivity contribution in [1.29, 1.82) is 0 Å². The Hall–Kier alpha value is -2.53. The molecule has 148 valence electrons. The van der Waals surface area contributed by atoms with Crippen LogP contribution in [0.1, 0.15) is 27.9 Å². The molecule has 0 radical (unpaired) electrons. The summed E-state index contributed by atoms with van der Waals surface area (Å²) in [5.41, 5.74) is 2.25. The molecular formula is C22H24ClFN2O2. The van der Waals surface area contributed by atoms with Gasteiger partial charge in [-0.1, -0.05) is 35.4 Å². The van der Waals surface area contributed by atoms with Crippen LogP contribution in [-0.2, 0) is 0 Å². The Morgan fingerprint density at radius 1 is 1.36 bits per heavy atom. The molecule has 4 nitrogen and oxygen atoms in total. The molecule has 0 spiro atoms. The predicted molar refractivity (Wildman–Crippen MR) is 109 cm³/mol. The maximum atomic E-state index is 13.9. The second-order valence-corrected chi connectivity index (χ2v) is 7.59. The van der Waals surface area contributed by atoms with Crippen LogP contribution in [0.2, 0.25) is 5.02 Å². The molecule has 0 bridgehead atoms. The van der Waals surface area contributed by atoms with Crippen LogP contribution < -0.4 is 10.1 Å². The highest BCUT2D eigenvalue weighted by Crippen LogP contribution is 2.25. The van der Waals surface area contributed by atoms with Gasteiger partial charge in [-0.2, -0.15) is 0 Å². The molecule has 0 aromatic heterocycles. The van der Waals surface area contributed by atoms with E-state index in [1.807, 2.05) is 24.0 Å². The first-order chi connectivity index (χ1) is 13.3. The number of ether oxygens (including phenoxy) is 1. The number of amides is 1. The second kappa shape index (κ2) is 8.65. The molecule has 1 N–H and O–H groups in total. The lowest BCUT2D eigenvalue weighted by Gasteiger charge is -2.19. The normalized spacial score (nSPS) is 16.1. The average Bonchev–Trinajstić information content (AvgIpc) is 3.13. The molecule has 0 aliphatic carbocycles. The highest BCUT2D eigenvalue weighted by atomic mass is 35.5. The van der Waals surface area contributed by atoms with Crippen molar-refractivity contribution in [1.82, 2.24) is 10.2 Å². The van der Waals surface area contributed by atoms with Gasteiger partial charge in [-0.3, -0.25) is 4.79 Å². The number of carbonyl (C=O) groups is 1. The zero-order valence-corrected chi connectivity index (χ0v) is 16.9. The maximum Gasteiger partial charge on any atom is 0.255 e. The fraction of sp³-hybridized carbons (Fsp3) is 0.318. The first kappa shape index (κ1) is 20.2. The highest BCUT2D eigenvalue weighted by molar-refractivity contribution is 6.33. The topological polar surface area (TPSA) is 41.6 Å². The largest absolute Gasteiger partial charge is 0.439 e. The molecule has 1 atom stereocenters. The minimum Gasteiger partial charge on any atom is -0.439 e. The summed E-state index contributed by atoms with van der Waals surface area (Å²) in [5.74, 6) is 0.260. The average molecular weight is 403 g/mol. The SMILES string of the molecule is C=C(NC[C@@H]1CCN(C(=O)c2cc(C)ccc2Cl)C1)Oc1c(C)cccc1F. The van der Waals surface area contributed by atoms with Crippen LogP contribution in [0.5, 0.6) is 5.75 Å². The van der Waals surface area contributed by atoms with Crippen molar-refractivity contribution in [2.45, 2.75) is 20.3 Å². The molecule has 3 rings (SSSR count). The van der Waals surface area contributed by atoms with Crippen LogP contribution in [-0.4, -0.2) is 30.4 Å². The van der Waals surface area contributed by atoms with Gasteiger partial charge in [0.25, 0.3) is 5.91 Å². The molecule has 2 aromatic rings. The van der Waals surface area contributed by atoms with Crippen LogP contribution in [0.3, 0.4) is 0 Å². The molecule has 2 aromatic carbocycles. The highest BCUT2D eigenvalue weighted by Gasteiger charge is 2.28. The Morgan fingerprint density at radius 3 is 2.89 bits per heavy atom. The van der Waals surface area contributed by atoms with Crippen molar-refractivity contribution in [3.05, 3.63) is 76.4 Å². The number of aryl methyl sites for hydroxylation is 2. The summed E-state index contributed by atoms with van der Waals surface area (Å²) in [4.78, 5) is 14.6. The van der Waals surface area contributed by atoms with Crippen LogP contribution >= 0.6 is 11.6 Å². The van der Waals surface area contributed by atoms with Gasteiger partial charge in [-0.05, 0) is 56.5 Å². The van der Waals surface area contributed by atoms with E-state index in [9.17, 15) is 9.18 Å². The van der Waals surface area contributed by atoms with E-state index in [1.165, 1.54) is 6.07 Å². The molecule has 6 heteroatoms. The maximum absolute atomic E-state index is 13.9. The molecule has 1 amide bonds. The van der Waals surface area contributed by atoms with Gasteiger partial charge >= 0.3 is 0 Å². The standard InChI is InChI=1S/C22H24ClFN2O2/c1-14-7-8-19(23)18(11-14)22(27)26-10-9-17(13-26)12-25-16(3)28-21-15(2)5-4-6-20(21)24/h4-8,11,17,25H,3,9-10,12-13H2,1-2H3/t17-/m0/s1. The number of nitrogens with zero attached hydrogens (tertiary/aromatic N) is 1. The van der Waals surface area contributed by atoms with Crippen molar-refractivity contribution in [2.75, 3.05) is 19.6 Å². The fourth-order valence-electron chi connectivity index (χ4n) is 3.32. The van der Waals surface area contributed by atoms with Crippen LogP contribution in [0.4, 0.5) is 4.39 Å². The summed E-state index contributed by atoms with van der Waals surface area (Å²) >= 11 is 6.19. The number of benzene rings is 2. The zero-order chi connectivity index (χ0) is 20.3. The number of carbonyl (C=O) groups excluding carboxylic acids is 1. The third kappa shape index (κ3) is 4.65. The van der Waals surface area contributed by atoms with Crippen molar-refractivity contribution >= 4 is 17.5 Å². The lowest BCUT2D eigenvalue weighted by molar-refractivity contribution is 0.0787. The van der Waals surface area contributed by atoms with Gasteiger partial charge in [0.15, 0.2) is 17.4 Å². The minimum atomic E-state index is -0.421. The Balaban J connectivity index is 1.53. The fourth-order valence-corrected chi connectivity index (χ4v) is 3.52. The van der Waals surface area contributed by atoms with Crippen molar-refractivity contribution in [3.63, 3.8) is 0 Å². The Bertz CT molecular complexity index is 880. The second-order valence-electron chi connectivity index (χ2n) is 7.18. The quantitative estimate of drug-likeness (QED) is 0.712. The zero-order valence-electron chi connectivity index (χ0n) is 16.1. The molecular weight excluding hydrogens is 379 g/mol. The van der Waals surface area contributed by atoms with E-state index in [0.29, 0.717) is 41.7 Å². The number of hydrogen-bond acceptors (Lipinski definition) is 3. The van der Waals surface area contributed by atoms with Gasteiger partial charge in [0.05, 0.1) is 10.6 Å². The number of halogens is 2. The van der Waals surface area contributed by atoms with Crippen LogP contribution in [0, 0.1) is 25.6 Å². The number of hydrogen-bond donors (Lipinski definition) is 1. The van der Waals surface area contributed by atoms with Gasteiger partial charge in [0.2, 0.25) is 0 Å². The smallest absolute Gasteiger partial charge is 0.255 e. The van der Waals surface area contributed by atoms with Gasteiger partial charge < -0.3 is 15.0 Å².